The molecule has 0 aliphatic rings. The van der Waals surface area contributed by atoms with E-state index in [-0.39, 0.29) is 13.2 Å². The molecular weight excluding hydrogens is 444 g/mol. The Hall–Kier alpha value is -3.91. The molecule has 4 rings (SSSR count). The lowest BCUT2D eigenvalue weighted by Gasteiger charge is -2.23. The molecule has 2 aromatic heterocycles. The number of alkyl carbamates (subject to hydrolysis) is 1. The van der Waals surface area contributed by atoms with Crippen LogP contribution in [-0.2, 0) is 4.74 Å². The van der Waals surface area contributed by atoms with Gasteiger partial charge in [-0.2, -0.15) is 5.10 Å². The molecule has 182 valence electrons. The van der Waals surface area contributed by atoms with E-state index in [1.165, 1.54) is 0 Å². The van der Waals surface area contributed by atoms with Crippen LogP contribution < -0.4 is 10.1 Å². The molecule has 0 bridgehead atoms. The maximum Gasteiger partial charge on any atom is 0.408 e. The number of fused-ring (bicyclic) bond motifs is 1. The summed E-state index contributed by atoms with van der Waals surface area (Å²) in [5, 5.41) is 20.7. The van der Waals surface area contributed by atoms with Crippen molar-refractivity contribution >= 4 is 17.0 Å². The highest BCUT2D eigenvalue weighted by Gasteiger charge is 2.20. The predicted octanol–water partition coefficient (Wildman–Crippen LogP) is 4.86. The molecule has 1 atom stereocenters. The van der Waals surface area contributed by atoms with Crippen LogP contribution in [0.1, 0.15) is 26.5 Å². The standard InChI is InChI=1S/C27H30N4O4/c1-17-22-12-19(10-11-24(22)31-30-17)23-13-21(14-28-25(23)18-8-6-5-7-9-18)34-16-20(15-32)29-26(33)35-27(2,3)4/h5-14,20,32H,15-16H2,1-4H3,(H,29,33)(H,30,31)/t20-/m0/s1. The lowest BCUT2D eigenvalue weighted by atomic mass is 9.98. The highest BCUT2D eigenvalue weighted by Crippen LogP contribution is 2.34. The van der Waals surface area contributed by atoms with E-state index in [0.29, 0.717) is 5.75 Å². The average Bonchev–Trinajstić information content (AvgIpc) is 3.21. The zero-order valence-corrected chi connectivity index (χ0v) is 20.3. The zero-order chi connectivity index (χ0) is 25.0. The summed E-state index contributed by atoms with van der Waals surface area (Å²) < 4.78 is 11.2. The van der Waals surface area contributed by atoms with E-state index in [2.05, 4.69) is 21.6 Å². The number of aromatic amines is 1. The third kappa shape index (κ3) is 5.96. The molecule has 35 heavy (non-hydrogen) atoms. The van der Waals surface area contributed by atoms with Crippen molar-refractivity contribution in [2.45, 2.75) is 39.3 Å². The van der Waals surface area contributed by atoms with Crippen LogP contribution in [0.4, 0.5) is 4.79 Å². The third-order valence-electron chi connectivity index (χ3n) is 5.37. The van der Waals surface area contributed by atoms with E-state index in [4.69, 9.17) is 14.5 Å². The Morgan fingerprint density at radius 3 is 2.60 bits per heavy atom. The van der Waals surface area contributed by atoms with Crippen molar-refractivity contribution in [1.29, 1.82) is 0 Å². The topological polar surface area (TPSA) is 109 Å². The monoisotopic (exact) mass is 474 g/mol. The Kier molecular flexibility index (Phi) is 7.02. The molecular formula is C27H30N4O4. The first-order chi connectivity index (χ1) is 16.7. The maximum absolute atomic E-state index is 12.1. The van der Waals surface area contributed by atoms with Gasteiger partial charge in [-0.1, -0.05) is 36.4 Å². The smallest absolute Gasteiger partial charge is 0.408 e. The summed E-state index contributed by atoms with van der Waals surface area (Å²) in [6.07, 6.45) is 1.04. The van der Waals surface area contributed by atoms with E-state index >= 15 is 0 Å². The summed E-state index contributed by atoms with van der Waals surface area (Å²) in [6, 6.07) is 17.3. The number of nitrogens with zero attached hydrogens (tertiary/aromatic N) is 2. The van der Waals surface area contributed by atoms with Crippen LogP contribution >= 0.6 is 0 Å². The van der Waals surface area contributed by atoms with Gasteiger partial charge in [0.25, 0.3) is 0 Å². The SMILES string of the molecule is Cc1n[nH]c2ccc(-c3cc(OC[C@H](CO)NC(=O)OC(C)(C)C)cnc3-c3ccccc3)cc12. The van der Waals surface area contributed by atoms with Gasteiger partial charge in [0.1, 0.15) is 18.0 Å². The van der Waals surface area contributed by atoms with Crippen LogP contribution in [0.2, 0.25) is 0 Å². The molecule has 1 amide bonds. The molecule has 0 fully saturated rings. The predicted molar refractivity (Wildman–Crippen MR) is 135 cm³/mol. The van der Waals surface area contributed by atoms with E-state index in [0.717, 1.165) is 39.0 Å². The van der Waals surface area contributed by atoms with E-state index < -0.39 is 17.7 Å². The molecule has 0 aliphatic carbocycles. The second-order valence-corrected chi connectivity index (χ2v) is 9.34. The van der Waals surface area contributed by atoms with Crippen molar-refractivity contribution < 1.29 is 19.4 Å². The highest BCUT2D eigenvalue weighted by atomic mass is 16.6. The summed E-state index contributed by atoms with van der Waals surface area (Å²) in [6.45, 7) is 7.06. The number of hydrogen-bond acceptors (Lipinski definition) is 6. The molecule has 2 heterocycles. The molecule has 8 heteroatoms. The number of aromatic nitrogens is 3. The van der Waals surface area contributed by atoms with Gasteiger partial charge in [-0.15, -0.1) is 0 Å². The number of carbonyl (C=O) groups is 1. The number of nitrogens with one attached hydrogen (secondary N) is 2. The molecule has 0 saturated heterocycles. The fourth-order valence-corrected chi connectivity index (χ4v) is 3.69. The summed E-state index contributed by atoms with van der Waals surface area (Å²) in [4.78, 5) is 16.8. The van der Waals surface area contributed by atoms with Crippen LogP contribution in [0.3, 0.4) is 0 Å². The van der Waals surface area contributed by atoms with Gasteiger partial charge < -0.3 is 19.9 Å². The summed E-state index contributed by atoms with van der Waals surface area (Å²) >= 11 is 0. The van der Waals surface area contributed by atoms with Gasteiger partial charge in [0.15, 0.2) is 0 Å². The van der Waals surface area contributed by atoms with Crippen LogP contribution in [0.5, 0.6) is 5.75 Å². The first-order valence-electron chi connectivity index (χ1n) is 11.5. The van der Waals surface area contributed by atoms with Gasteiger partial charge in [0.2, 0.25) is 0 Å². The molecule has 0 unspecified atom stereocenters. The maximum atomic E-state index is 12.1. The number of ether oxygens (including phenoxy) is 2. The van der Waals surface area contributed by atoms with Crippen molar-refractivity contribution in [3.8, 4) is 28.1 Å². The van der Waals surface area contributed by atoms with E-state index in [1.54, 1.807) is 27.0 Å². The first-order valence-corrected chi connectivity index (χ1v) is 11.5. The second kappa shape index (κ2) is 10.1. The van der Waals surface area contributed by atoms with Gasteiger partial charge >= 0.3 is 6.09 Å². The summed E-state index contributed by atoms with van der Waals surface area (Å²) in [7, 11) is 0. The Bertz CT molecular complexity index is 1310. The van der Waals surface area contributed by atoms with Crippen LogP contribution in [0.15, 0.2) is 60.8 Å². The number of pyridine rings is 1. The minimum Gasteiger partial charge on any atom is -0.490 e. The molecule has 2 aromatic carbocycles. The Balaban J connectivity index is 1.61. The van der Waals surface area contributed by atoms with Crippen molar-refractivity contribution in [3.05, 3.63) is 66.5 Å². The van der Waals surface area contributed by atoms with Crippen LogP contribution in [0, 0.1) is 6.92 Å². The van der Waals surface area contributed by atoms with Crippen LogP contribution in [-0.4, -0.2) is 51.2 Å². The third-order valence-corrected chi connectivity index (χ3v) is 5.37. The molecule has 8 nitrogen and oxygen atoms in total. The summed E-state index contributed by atoms with van der Waals surface area (Å²) in [5.74, 6) is 0.521. The van der Waals surface area contributed by atoms with Gasteiger partial charge in [0, 0.05) is 16.5 Å². The largest absolute Gasteiger partial charge is 0.490 e. The molecule has 0 spiro atoms. The average molecular weight is 475 g/mol. The minimum absolute atomic E-state index is 0.0570. The second-order valence-electron chi connectivity index (χ2n) is 9.34. The fourth-order valence-electron chi connectivity index (χ4n) is 3.69. The Morgan fingerprint density at radius 1 is 1.11 bits per heavy atom. The van der Waals surface area contributed by atoms with E-state index in [1.807, 2.05) is 55.5 Å². The van der Waals surface area contributed by atoms with Crippen molar-refractivity contribution in [3.63, 3.8) is 0 Å². The lowest BCUT2D eigenvalue weighted by Crippen LogP contribution is -2.44. The van der Waals surface area contributed by atoms with E-state index in [9.17, 15) is 9.90 Å². The van der Waals surface area contributed by atoms with Gasteiger partial charge in [0.05, 0.1) is 35.8 Å². The lowest BCUT2D eigenvalue weighted by molar-refractivity contribution is 0.0458. The highest BCUT2D eigenvalue weighted by molar-refractivity contribution is 5.90. The zero-order valence-electron chi connectivity index (χ0n) is 20.3. The summed E-state index contributed by atoms with van der Waals surface area (Å²) in [5.41, 5.74) is 4.93. The molecule has 3 N–H and O–H groups in total. The van der Waals surface area contributed by atoms with Crippen molar-refractivity contribution in [2.75, 3.05) is 13.2 Å². The molecule has 0 aliphatic heterocycles. The minimum atomic E-state index is -0.633. The number of amides is 1. The normalized spacial score (nSPS) is 12.4. The number of hydrogen-bond donors (Lipinski definition) is 3. The number of carbonyl (C=O) groups excluding carboxylic acids is 1. The fraction of sp³-hybridized carbons (Fsp3) is 0.296. The quantitative estimate of drug-likeness (QED) is 0.353. The van der Waals surface area contributed by atoms with Gasteiger partial charge in [-0.25, -0.2) is 4.79 Å². The van der Waals surface area contributed by atoms with Gasteiger partial charge in [-0.05, 0) is 51.5 Å². The number of benzene rings is 2. The molecule has 4 aromatic rings. The molecule has 0 radical (unpaired) electrons. The Labute approximate surface area is 204 Å². The Morgan fingerprint density at radius 2 is 1.89 bits per heavy atom. The molecule has 0 saturated carbocycles. The number of rotatable bonds is 7. The number of H-pyrrole nitrogens is 1. The van der Waals surface area contributed by atoms with Crippen molar-refractivity contribution in [2.24, 2.45) is 0 Å². The number of aliphatic hydroxyl groups excluding tert-OH is 1. The van der Waals surface area contributed by atoms with Crippen LogP contribution in [0.25, 0.3) is 33.3 Å². The van der Waals surface area contributed by atoms with Gasteiger partial charge in [-0.3, -0.25) is 10.1 Å². The first kappa shape index (κ1) is 24.2. The number of aryl methyl sites for hydroxylation is 1. The number of aliphatic hydroxyl groups is 1. The van der Waals surface area contributed by atoms with Crippen molar-refractivity contribution in [1.82, 2.24) is 20.5 Å².